The van der Waals surface area contributed by atoms with Crippen molar-refractivity contribution in [2.75, 3.05) is 19.5 Å². The van der Waals surface area contributed by atoms with Crippen molar-refractivity contribution >= 4 is 5.69 Å². The number of aryl methyl sites for hydroxylation is 1. The third-order valence-electron chi connectivity index (χ3n) is 3.11. The van der Waals surface area contributed by atoms with Crippen molar-refractivity contribution in [1.29, 1.82) is 0 Å². The second-order valence-corrected chi connectivity index (χ2v) is 4.24. The molecule has 1 aliphatic heterocycles. The molecule has 0 aromatic heterocycles. The Morgan fingerprint density at radius 2 is 2.38 bits per heavy atom. The lowest BCUT2D eigenvalue weighted by atomic mass is 10.0. The van der Waals surface area contributed by atoms with Crippen LogP contribution in [0.25, 0.3) is 0 Å². The molecule has 1 saturated heterocycles. The van der Waals surface area contributed by atoms with E-state index in [9.17, 15) is 0 Å². The minimum absolute atomic E-state index is 0.422. The molecule has 3 heteroatoms. The number of methoxy groups -OCH3 is 1. The molecule has 0 spiro atoms. The molecule has 1 aliphatic rings. The molecule has 16 heavy (non-hydrogen) atoms. The van der Waals surface area contributed by atoms with Gasteiger partial charge in [0.05, 0.1) is 13.2 Å². The van der Waals surface area contributed by atoms with E-state index in [4.69, 9.17) is 15.2 Å². The Morgan fingerprint density at radius 1 is 1.50 bits per heavy atom. The molecule has 0 saturated carbocycles. The van der Waals surface area contributed by atoms with Crippen molar-refractivity contribution in [2.45, 2.75) is 31.8 Å². The van der Waals surface area contributed by atoms with Gasteiger partial charge in [0, 0.05) is 12.3 Å². The van der Waals surface area contributed by atoms with E-state index in [0.29, 0.717) is 6.10 Å². The van der Waals surface area contributed by atoms with Crippen LogP contribution >= 0.6 is 0 Å². The third kappa shape index (κ3) is 2.67. The smallest absolute Gasteiger partial charge is 0.119 e. The summed E-state index contributed by atoms with van der Waals surface area (Å²) in [6.45, 7) is 0.915. The Hall–Kier alpha value is -1.22. The summed E-state index contributed by atoms with van der Waals surface area (Å²) in [6.07, 6.45) is 4.82. The van der Waals surface area contributed by atoms with Crippen molar-refractivity contribution in [3.63, 3.8) is 0 Å². The van der Waals surface area contributed by atoms with Crippen LogP contribution in [0.3, 0.4) is 0 Å². The second-order valence-electron chi connectivity index (χ2n) is 4.24. The predicted octanol–water partition coefficient (Wildman–Crippen LogP) is 2.39. The summed E-state index contributed by atoms with van der Waals surface area (Å²) in [5.41, 5.74) is 7.94. The fourth-order valence-corrected chi connectivity index (χ4v) is 2.11. The number of hydrogen-bond acceptors (Lipinski definition) is 3. The molecular weight excluding hydrogens is 202 g/mol. The van der Waals surface area contributed by atoms with Crippen LogP contribution in [0.4, 0.5) is 5.69 Å². The van der Waals surface area contributed by atoms with Crippen molar-refractivity contribution < 1.29 is 9.47 Å². The minimum Gasteiger partial charge on any atom is -0.497 e. The van der Waals surface area contributed by atoms with Crippen LogP contribution < -0.4 is 10.5 Å². The van der Waals surface area contributed by atoms with Crippen LogP contribution in [0.2, 0.25) is 0 Å². The van der Waals surface area contributed by atoms with Crippen molar-refractivity contribution in [3.05, 3.63) is 23.8 Å². The van der Waals surface area contributed by atoms with Crippen molar-refractivity contribution in [2.24, 2.45) is 0 Å². The molecule has 3 nitrogen and oxygen atoms in total. The normalized spacial score (nSPS) is 19.9. The highest BCUT2D eigenvalue weighted by molar-refractivity contribution is 5.50. The first-order chi connectivity index (χ1) is 7.79. The zero-order valence-corrected chi connectivity index (χ0v) is 9.74. The van der Waals surface area contributed by atoms with E-state index in [2.05, 4.69) is 0 Å². The molecule has 2 rings (SSSR count). The van der Waals surface area contributed by atoms with Gasteiger partial charge in [-0.05, 0) is 49.4 Å². The number of anilines is 1. The van der Waals surface area contributed by atoms with E-state index < -0.39 is 0 Å². The van der Waals surface area contributed by atoms with Gasteiger partial charge in [0.2, 0.25) is 0 Å². The van der Waals surface area contributed by atoms with Crippen LogP contribution in [0.1, 0.15) is 24.8 Å². The number of nitrogens with two attached hydrogens (primary N) is 1. The second kappa shape index (κ2) is 5.21. The maximum Gasteiger partial charge on any atom is 0.119 e. The van der Waals surface area contributed by atoms with Gasteiger partial charge < -0.3 is 15.2 Å². The molecule has 1 heterocycles. The number of rotatable bonds is 4. The third-order valence-corrected chi connectivity index (χ3v) is 3.11. The monoisotopic (exact) mass is 221 g/mol. The van der Waals surface area contributed by atoms with Gasteiger partial charge in [-0.2, -0.15) is 0 Å². The summed E-state index contributed by atoms with van der Waals surface area (Å²) < 4.78 is 10.8. The van der Waals surface area contributed by atoms with Gasteiger partial charge >= 0.3 is 0 Å². The lowest BCUT2D eigenvalue weighted by Crippen LogP contribution is -2.07. The fraction of sp³-hybridized carbons (Fsp3) is 0.538. The number of nitrogen functional groups attached to an aromatic ring is 1. The van der Waals surface area contributed by atoms with Gasteiger partial charge in [-0.3, -0.25) is 0 Å². The Balaban J connectivity index is 1.96. The number of benzene rings is 1. The van der Waals surface area contributed by atoms with Gasteiger partial charge in [0.15, 0.2) is 0 Å². The zero-order valence-electron chi connectivity index (χ0n) is 9.74. The lowest BCUT2D eigenvalue weighted by molar-refractivity contribution is 0.104. The van der Waals surface area contributed by atoms with Gasteiger partial charge in [-0.25, -0.2) is 0 Å². The molecule has 1 aromatic rings. The van der Waals surface area contributed by atoms with E-state index in [1.165, 1.54) is 12.8 Å². The first-order valence-electron chi connectivity index (χ1n) is 5.83. The van der Waals surface area contributed by atoms with Crippen molar-refractivity contribution in [1.82, 2.24) is 0 Å². The SMILES string of the molecule is COc1ccc(N)c(CCC2CCCO2)c1. The molecule has 1 fully saturated rings. The topological polar surface area (TPSA) is 44.5 Å². The Morgan fingerprint density at radius 3 is 3.06 bits per heavy atom. The predicted molar refractivity (Wildman–Crippen MR) is 64.7 cm³/mol. The first kappa shape index (κ1) is 11.3. The molecule has 0 radical (unpaired) electrons. The summed E-state index contributed by atoms with van der Waals surface area (Å²) in [4.78, 5) is 0. The maximum absolute atomic E-state index is 5.93. The van der Waals surface area contributed by atoms with E-state index in [1.807, 2.05) is 18.2 Å². The Kier molecular flexibility index (Phi) is 3.67. The highest BCUT2D eigenvalue weighted by atomic mass is 16.5. The molecule has 1 atom stereocenters. The van der Waals surface area contributed by atoms with Crippen LogP contribution in [0.5, 0.6) is 5.75 Å². The highest BCUT2D eigenvalue weighted by Crippen LogP contribution is 2.23. The average Bonchev–Trinajstić information content (AvgIpc) is 2.81. The summed E-state index contributed by atoms with van der Waals surface area (Å²) >= 11 is 0. The van der Waals surface area contributed by atoms with Crippen LogP contribution in [0, 0.1) is 0 Å². The molecular formula is C13H19NO2. The summed E-state index contributed by atoms with van der Waals surface area (Å²) in [6, 6.07) is 5.82. The van der Waals surface area contributed by atoms with Gasteiger partial charge in [0.1, 0.15) is 5.75 Å². The van der Waals surface area contributed by atoms with E-state index in [0.717, 1.165) is 36.4 Å². The van der Waals surface area contributed by atoms with Crippen molar-refractivity contribution in [3.8, 4) is 5.75 Å². The van der Waals surface area contributed by atoms with E-state index in [-0.39, 0.29) is 0 Å². The first-order valence-corrected chi connectivity index (χ1v) is 5.83. The summed E-state index contributed by atoms with van der Waals surface area (Å²) in [5.74, 6) is 0.872. The summed E-state index contributed by atoms with van der Waals surface area (Å²) in [5, 5.41) is 0. The number of ether oxygens (including phenoxy) is 2. The quantitative estimate of drug-likeness (QED) is 0.794. The molecule has 1 unspecified atom stereocenters. The maximum atomic E-state index is 5.93. The molecule has 1 aromatic carbocycles. The van der Waals surface area contributed by atoms with Crippen LogP contribution in [-0.4, -0.2) is 19.8 Å². The molecule has 0 bridgehead atoms. The molecule has 2 N–H and O–H groups in total. The standard InChI is InChI=1S/C13H19NO2/c1-15-12-6-7-13(14)10(9-12)4-5-11-3-2-8-16-11/h6-7,9,11H,2-5,8,14H2,1H3. The Labute approximate surface area is 96.5 Å². The minimum atomic E-state index is 0.422. The number of hydrogen-bond donors (Lipinski definition) is 1. The van der Waals surface area contributed by atoms with Gasteiger partial charge in [0.25, 0.3) is 0 Å². The largest absolute Gasteiger partial charge is 0.497 e. The van der Waals surface area contributed by atoms with Crippen LogP contribution in [0.15, 0.2) is 18.2 Å². The molecule has 88 valence electrons. The summed E-state index contributed by atoms with van der Waals surface area (Å²) in [7, 11) is 1.68. The van der Waals surface area contributed by atoms with E-state index in [1.54, 1.807) is 7.11 Å². The molecule has 0 aliphatic carbocycles. The van der Waals surface area contributed by atoms with Crippen LogP contribution in [-0.2, 0) is 11.2 Å². The fourth-order valence-electron chi connectivity index (χ4n) is 2.11. The Bertz CT molecular complexity index is 346. The van der Waals surface area contributed by atoms with Gasteiger partial charge in [-0.15, -0.1) is 0 Å². The van der Waals surface area contributed by atoms with Gasteiger partial charge in [-0.1, -0.05) is 0 Å². The highest BCUT2D eigenvalue weighted by Gasteiger charge is 2.15. The average molecular weight is 221 g/mol. The zero-order chi connectivity index (χ0) is 11.4. The lowest BCUT2D eigenvalue weighted by Gasteiger charge is -2.11. The van der Waals surface area contributed by atoms with E-state index >= 15 is 0 Å². The molecule has 0 amide bonds.